The van der Waals surface area contributed by atoms with E-state index in [9.17, 15) is 27.6 Å². The number of aryl methyl sites for hydroxylation is 1. The molecule has 0 aliphatic carbocycles. The van der Waals surface area contributed by atoms with Crippen LogP contribution in [0, 0.1) is 0 Å². The van der Waals surface area contributed by atoms with Crippen molar-refractivity contribution in [2.75, 3.05) is 13.1 Å². The third-order valence-corrected chi connectivity index (χ3v) is 9.74. The van der Waals surface area contributed by atoms with Crippen molar-refractivity contribution < 1.29 is 31.4 Å². The van der Waals surface area contributed by atoms with E-state index in [0.717, 1.165) is 36.3 Å². The molecule has 1 aliphatic heterocycles. The van der Waals surface area contributed by atoms with Crippen molar-refractivity contribution in [1.29, 1.82) is 0 Å². The molecule has 4 N–H and O–H groups in total. The maximum atomic E-state index is 13.0. The Labute approximate surface area is 199 Å². The number of benzene rings is 1. The molecule has 2 aromatic rings. The number of aliphatic hydroxyl groups is 1. The van der Waals surface area contributed by atoms with Crippen LogP contribution in [0.4, 0.5) is 0 Å². The molecule has 3 unspecified atom stereocenters. The van der Waals surface area contributed by atoms with Gasteiger partial charge < -0.3 is 0 Å². The fourth-order valence-corrected chi connectivity index (χ4v) is 7.55. The summed E-state index contributed by atoms with van der Waals surface area (Å²) in [7, 11) is 0. The van der Waals surface area contributed by atoms with Crippen LogP contribution in [0.25, 0.3) is 0 Å². The monoisotopic (exact) mass is 540 g/mol. The molecule has 33 heavy (non-hydrogen) atoms. The van der Waals surface area contributed by atoms with Gasteiger partial charge in [0.25, 0.3) is 0 Å². The summed E-state index contributed by atoms with van der Waals surface area (Å²) in [6, 6.07) is 9.44. The van der Waals surface area contributed by atoms with E-state index < -0.39 is 37.9 Å². The van der Waals surface area contributed by atoms with E-state index in [2.05, 4.69) is 10.2 Å². The molecule has 11 heteroatoms. The van der Waals surface area contributed by atoms with E-state index in [1.54, 1.807) is 6.07 Å². The van der Waals surface area contributed by atoms with Gasteiger partial charge in [-0.05, 0) is 0 Å². The third-order valence-electron chi connectivity index (χ3n) is 5.43. The summed E-state index contributed by atoms with van der Waals surface area (Å²) in [4.78, 5) is 27.9. The van der Waals surface area contributed by atoms with Gasteiger partial charge in [0.1, 0.15) is 0 Å². The predicted molar refractivity (Wildman–Crippen MR) is 123 cm³/mol. The Hall–Kier alpha value is -1.94. The van der Waals surface area contributed by atoms with Gasteiger partial charge in [0.2, 0.25) is 0 Å². The van der Waals surface area contributed by atoms with Crippen molar-refractivity contribution in [3.05, 3.63) is 52.2 Å². The number of carbonyl (C=O) groups excluding carboxylic acids is 1. The van der Waals surface area contributed by atoms with Crippen LogP contribution in [0.5, 0.6) is 0 Å². The Morgan fingerprint density at radius 1 is 1.18 bits per heavy atom. The zero-order valence-corrected chi connectivity index (χ0v) is 21.0. The van der Waals surface area contributed by atoms with E-state index in [0.29, 0.717) is 0 Å². The summed E-state index contributed by atoms with van der Waals surface area (Å²) < 4.78 is 28.8. The van der Waals surface area contributed by atoms with Crippen LogP contribution < -0.4 is 9.67 Å². The first-order valence-electron chi connectivity index (χ1n) is 10.7. The van der Waals surface area contributed by atoms with E-state index >= 15 is 0 Å². The van der Waals surface area contributed by atoms with Gasteiger partial charge in [-0.2, -0.15) is 0 Å². The summed E-state index contributed by atoms with van der Waals surface area (Å²) in [5.74, 6) is -4.89. The van der Waals surface area contributed by atoms with Crippen LogP contribution >= 0.6 is 11.3 Å². The zero-order valence-electron chi connectivity index (χ0n) is 18.3. The Balaban J connectivity index is 1.80. The normalized spacial score (nSPS) is 18.9. The Kier molecular flexibility index (Phi) is 8.55. The van der Waals surface area contributed by atoms with E-state index in [1.165, 1.54) is 48.4 Å². The Bertz CT molecular complexity index is 1010. The fraction of sp³-hybridized carbons (Fsp3) is 0.455. The molecule has 180 valence electrons. The second-order valence-electron chi connectivity index (χ2n) is 8.12. The summed E-state index contributed by atoms with van der Waals surface area (Å²) >= 11 is -3.82. The number of amides is 1. The van der Waals surface area contributed by atoms with Crippen molar-refractivity contribution in [2.24, 2.45) is 0 Å². The topological polar surface area (TPSA) is 136 Å². The van der Waals surface area contributed by atoms with Crippen LogP contribution in [0.1, 0.15) is 35.9 Å². The van der Waals surface area contributed by atoms with Crippen LogP contribution in [0.15, 0.2) is 42.5 Å². The number of nitrogens with one attached hydrogen (secondary N) is 1. The number of hydrogen-bond donors (Lipinski definition) is 4. The van der Waals surface area contributed by atoms with Crippen LogP contribution in [0.3, 0.4) is 0 Å². The first kappa shape index (κ1) is 25.7. The first-order chi connectivity index (χ1) is 15.6. The summed E-state index contributed by atoms with van der Waals surface area (Å²) in [6.07, 6.45) is 2.28. The molecule has 1 saturated heterocycles. The number of thiophene rings is 1. The van der Waals surface area contributed by atoms with Crippen molar-refractivity contribution in [3.63, 3.8) is 0 Å². The molecular formula is C22H29AsN2O7S. The van der Waals surface area contributed by atoms with Gasteiger partial charge in [-0.15, -0.1) is 0 Å². The van der Waals surface area contributed by atoms with Crippen LogP contribution in [-0.2, 0) is 30.0 Å². The van der Waals surface area contributed by atoms with Gasteiger partial charge in [0.05, 0.1) is 0 Å². The minimum atomic E-state index is -5.36. The average Bonchev–Trinajstić information content (AvgIpc) is 3.43. The SMILES string of the molecule is CC(=O)NC(C(=O)O)C(O)(CCc1ccc(CN2CCCC2)s1)O[As](=O)(O)c1ccccc1. The first-order valence-corrected chi connectivity index (χ1v) is 14.8. The summed E-state index contributed by atoms with van der Waals surface area (Å²) in [5.41, 5.74) is 0. The Morgan fingerprint density at radius 3 is 2.42 bits per heavy atom. The maximum absolute atomic E-state index is 13.0. The molecule has 0 saturated carbocycles. The van der Waals surface area contributed by atoms with Gasteiger partial charge in [0.15, 0.2) is 0 Å². The fourth-order valence-electron chi connectivity index (χ4n) is 3.80. The van der Waals surface area contributed by atoms with Gasteiger partial charge in [-0.25, -0.2) is 0 Å². The number of carboxylic acid groups (broad SMARTS) is 1. The average molecular weight is 540 g/mol. The quantitative estimate of drug-likeness (QED) is 0.243. The number of rotatable bonds is 11. The standard InChI is InChI=1S/C22H29AsN2O7S/c1-16(26)24-20(21(27)28)22(29,32-23(30,31)17-7-3-2-4-8-17)12-11-18-9-10-19(33-18)15-25-13-5-6-14-25/h2-4,7-10,20,29H,5-6,11-15H2,1H3,(H,24,26)(H,27,28)(H,30,31). The molecule has 1 aromatic carbocycles. The van der Waals surface area contributed by atoms with Gasteiger partial charge in [0, 0.05) is 0 Å². The number of carbonyl (C=O) groups is 2. The molecule has 9 nitrogen and oxygen atoms in total. The molecule has 1 fully saturated rings. The van der Waals surface area contributed by atoms with Gasteiger partial charge in [-0.3, -0.25) is 0 Å². The van der Waals surface area contributed by atoms with E-state index in [1.807, 2.05) is 12.1 Å². The molecular weight excluding hydrogens is 511 g/mol. The zero-order chi connectivity index (χ0) is 24.1. The third kappa shape index (κ3) is 7.02. The number of carboxylic acids is 1. The van der Waals surface area contributed by atoms with Crippen LogP contribution in [0.2, 0.25) is 0 Å². The molecule has 3 atom stereocenters. The van der Waals surface area contributed by atoms with Gasteiger partial charge >= 0.3 is 200 Å². The molecule has 3 rings (SSSR count). The molecule has 1 aliphatic rings. The molecule has 2 heterocycles. The molecule has 0 radical (unpaired) electrons. The Morgan fingerprint density at radius 2 is 1.82 bits per heavy atom. The molecule has 1 aromatic heterocycles. The summed E-state index contributed by atoms with van der Waals surface area (Å²) in [6.45, 7) is 4.05. The van der Waals surface area contributed by atoms with Crippen molar-refractivity contribution >= 4 is 41.7 Å². The number of nitrogens with zero attached hydrogens (tertiary/aromatic N) is 1. The number of likely N-dealkylation sites (tertiary alicyclic amines) is 1. The van der Waals surface area contributed by atoms with E-state index in [-0.39, 0.29) is 17.2 Å². The molecule has 1 amide bonds. The number of hydrogen-bond acceptors (Lipinski definition) is 7. The second-order valence-corrected chi connectivity index (χ2v) is 13.0. The number of aliphatic carboxylic acids is 1. The van der Waals surface area contributed by atoms with Crippen molar-refractivity contribution in [2.45, 2.75) is 51.0 Å². The summed E-state index contributed by atoms with van der Waals surface area (Å²) in [5, 5.41) is 23.1. The van der Waals surface area contributed by atoms with Crippen LogP contribution in [-0.4, -0.2) is 70.2 Å². The molecule has 0 spiro atoms. The molecule has 0 bridgehead atoms. The van der Waals surface area contributed by atoms with Crippen molar-refractivity contribution in [3.8, 4) is 0 Å². The van der Waals surface area contributed by atoms with Gasteiger partial charge in [-0.1, -0.05) is 0 Å². The minimum absolute atomic E-state index is 0.0370. The predicted octanol–water partition coefficient (Wildman–Crippen LogP) is 0.840. The second kappa shape index (κ2) is 11.0. The van der Waals surface area contributed by atoms with E-state index in [4.69, 9.17) is 3.73 Å². The van der Waals surface area contributed by atoms with Crippen molar-refractivity contribution in [1.82, 2.24) is 10.2 Å².